The van der Waals surface area contributed by atoms with E-state index < -0.39 is 28.0 Å². The fraction of sp³-hybridized carbons (Fsp3) is 0.500. The number of ether oxygens (including phenoxy) is 1. The minimum atomic E-state index is -4.14. The van der Waals surface area contributed by atoms with Crippen LogP contribution in [0.2, 0.25) is 0 Å². The van der Waals surface area contributed by atoms with Crippen molar-refractivity contribution >= 4 is 33.3 Å². The second kappa shape index (κ2) is 6.54. The van der Waals surface area contributed by atoms with Crippen molar-refractivity contribution in [2.24, 2.45) is 5.92 Å². The number of methoxy groups -OCH3 is 1. The second-order valence-corrected chi connectivity index (χ2v) is 7.28. The van der Waals surface area contributed by atoms with Gasteiger partial charge in [0.2, 0.25) is 10.0 Å². The number of carbonyl (C=O) groups excluding carboxylic acids is 1. The molecule has 0 aliphatic rings. The van der Waals surface area contributed by atoms with Gasteiger partial charge in [-0.1, -0.05) is 13.8 Å². The highest BCUT2D eigenvalue weighted by Gasteiger charge is 2.33. The van der Waals surface area contributed by atoms with Crippen LogP contribution >= 0.6 is 11.3 Å². The maximum atomic E-state index is 12.4. The van der Waals surface area contributed by atoms with Gasteiger partial charge in [0.05, 0.1) is 7.11 Å². The molecule has 1 rings (SSSR count). The number of carboxylic acids is 1. The fourth-order valence-electron chi connectivity index (χ4n) is 1.72. The molecule has 1 aromatic rings. The van der Waals surface area contributed by atoms with Crippen LogP contribution in [0.4, 0.5) is 0 Å². The lowest BCUT2D eigenvalue weighted by atomic mass is 10.1. The van der Waals surface area contributed by atoms with Crippen molar-refractivity contribution in [1.29, 1.82) is 0 Å². The van der Waals surface area contributed by atoms with Crippen molar-refractivity contribution in [3.63, 3.8) is 0 Å². The number of thiophene rings is 1. The molecule has 1 heterocycles. The van der Waals surface area contributed by atoms with Crippen LogP contribution in [0.15, 0.2) is 10.3 Å². The lowest BCUT2D eigenvalue weighted by molar-refractivity contribution is -0.143. The number of nitrogens with one attached hydrogen (secondary N) is 1. The van der Waals surface area contributed by atoms with Crippen LogP contribution < -0.4 is 4.72 Å². The van der Waals surface area contributed by atoms with E-state index in [9.17, 15) is 18.0 Å². The number of hydrogen-bond acceptors (Lipinski definition) is 6. The maximum Gasteiger partial charge on any atom is 0.347 e. The molecule has 0 spiro atoms. The zero-order valence-corrected chi connectivity index (χ0v) is 13.7. The highest BCUT2D eigenvalue weighted by molar-refractivity contribution is 7.89. The van der Waals surface area contributed by atoms with Gasteiger partial charge in [0.15, 0.2) is 0 Å². The smallest absolute Gasteiger partial charge is 0.347 e. The van der Waals surface area contributed by atoms with Gasteiger partial charge >= 0.3 is 11.9 Å². The molecule has 0 saturated carbocycles. The summed E-state index contributed by atoms with van der Waals surface area (Å²) in [6, 6.07) is -1.08. The molecule has 1 atom stereocenters. The number of aromatic carboxylic acids is 1. The summed E-state index contributed by atoms with van der Waals surface area (Å²) in [4.78, 5) is 22.2. The van der Waals surface area contributed by atoms with Crippen LogP contribution in [0, 0.1) is 12.8 Å². The maximum absolute atomic E-state index is 12.4. The number of hydrogen-bond donors (Lipinski definition) is 2. The molecule has 0 fully saturated rings. The van der Waals surface area contributed by atoms with Gasteiger partial charge in [-0.3, -0.25) is 4.79 Å². The zero-order chi connectivity index (χ0) is 16.4. The summed E-state index contributed by atoms with van der Waals surface area (Å²) >= 11 is 0.826. The van der Waals surface area contributed by atoms with E-state index in [1.807, 2.05) is 0 Å². The Labute approximate surface area is 127 Å². The molecule has 2 N–H and O–H groups in total. The summed E-state index contributed by atoms with van der Waals surface area (Å²) in [6.07, 6.45) is 0. The van der Waals surface area contributed by atoms with E-state index in [1.165, 1.54) is 12.3 Å². The number of carbonyl (C=O) groups is 2. The quantitative estimate of drug-likeness (QED) is 0.757. The molecular formula is C12H17NO6S2. The summed E-state index contributed by atoms with van der Waals surface area (Å²) in [7, 11) is -2.99. The van der Waals surface area contributed by atoms with Crippen molar-refractivity contribution in [1.82, 2.24) is 4.72 Å². The Morgan fingerprint density at radius 3 is 2.38 bits per heavy atom. The molecule has 0 aliphatic heterocycles. The highest BCUT2D eigenvalue weighted by atomic mass is 32.2. The van der Waals surface area contributed by atoms with Crippen molar-refractivity contribution in [3.8, 4) is 0 Å². The largest absolute Gasteiger partial charge is 0.477 e. The number of rotatable bonds is 6. The SMILES string of the molecule is COC(=O)[C@@H](NS(=O)(=O)c1c(C)csc1C(=O)O)C(C)C. The average molecular weight is 335 g/mol. The standard InChI is InChI=1S/C12H17NO6S2/c1-6(2)8(12(16)19-4)13-21(17,18)10-7(3)5-20-9(10)11(14)15/h5-6,8,13H,1-4H3,(H,14,15)/t8-/m0/s1. The van der Waals surface area contributed by atoms with Crippen molar-refractivity contribution < 1.29 is 27.9 Å². The minimum Gasteiger partial charge on any atom is -0.477 e. The van der Waals surface area contributed by atoms with E-state index in [2.05, 4.69) is 9.46 Å². The first-order valence-electron chi connectivity index (χ1n) is 6.03. The molecule has 7 nitrogen and oxygen atoms in total. The molecule has 0 amide bonds. The molecule has 0 unspecified atom stereocenters. The molecule has 0 radical (unpaired) electrons. The van der Waals surface area contributed by atoms with Crippen LogP contribution in [0.25, 0.3) is 0 Å². The Kier molecular flexibility index (Phi) is 5.48. The predicted molar refractivity (Wildman–Crippen MR) is 77.0 cm³/mol. The van der Waals surface area contributed by atoms with Crippen molar-refractivity contribution in [2.75, 3.05) is 7.11 Å². The first-order chi connectivity index (χ1) is 9.61. The average Bonchev–Trinajstić information content (AvgIpc) is 2.77. The third-order valence-corrected chi connectivity index (χ3v) is 5.63. The van der Waals surface area contributed by atoms with Gasteiger partial charge in [-0.2, -0.15) is 4.72 Å². The molecule has 0 aromatic carbocycles. The van der Waals surface area contributed by atoms with Crippen LogP contribution in [-0.2, 0) is 19.6 Å². The number of aryl methyl sites for hydroxylation is 1. The van der Waals surface area contributed by atoms with Gasteiger partial charge in [0.1, 0.15) is 15.8 Å². The van der Waals surface area contributed by atoms with E-state index in [0.29, 0.717) is 5.56 Å². The van der Waals surface area contributed by atoms with E-state index in [4.69, 9.17) is 5.11 Å². The number of carboxylic acid groups (broad SMARTS) is 1. The summed E-state index contributed by atoms with van der Waals surface area (Å²) in [5.74, 6) is -2.40. The number of esters is 1. The molecule has 0 aliphatic carbocycles. The van der Waals surface area contributed by atoms with Gasteiger partial charge in [-0.25, -0.2) is 13.2 Å². The van der Waals surface area contributed by atoms with Gasteiger partial charge in [0.25, 0.3) is 0 Å². The summed E-state index contributed by atoms with van der Waals surface area (Å²) in [5, 5.41) is 10.5. The van der Waals surface area contributed by atoms with Crippen molar-refractivity contribution in [2.45, 2.75) is 31.7 Å². The van der Waals surface area contributed by atoms with Crippen LogP contribution in [-0.4, -0.2) is 38.6 Å². The lowest BCUT2D eigenvalue weighted by Gasteiger charge is -2.20. The molecule has 0 saturated heterocycles. The predicted octanol–water partition coefficient (Wildman–Crippen LogP) is 1.23. The van der Waals surface area contributed by atoms with E-state index in [1.54, 1.807) is 13.8 Å². The summed E-state index contributed by atoms with van der Waals surface area (Å²) in [6.45, 7) is 4.81. The van der Waals surface area contributed by atoms with E-state index >= 15 is 0 Å². The molecule has 1 aromatic heterocycles. The summed E-state index contributed by atoms with van der Waals surface area (Å²) < 4.78 is 31.6. The Hall–Kier alpha value is -1.45. The van der Waals surface area contributed by atoms with Crippen LogP contribution in [0.5, 0.6) is 0 Å². The van der Waals surface area contributed by atoms with Gasteiger partial charge in [-0.05, 0) is 23.8 Å². The molecule has 118 valence electrons. The Balaban J connectivity index is 3.26. The van der Waals surface area contributed by atoms with Crippen molar-refractivity contribution in [3.05, 3.63) is 15.8 Å². The first-order valence-corrected chi connectivity index (χ1v) is 8.39. The summed E-state index contributed by atoms with van der Waals surface area (Å²) in [5.41, 5.74) is 0.317. The lowest BCUT2D eigenvalue weighted by Crippen LogP contribution is -2.45. The van der Waals surface area contributed by atoms with Gasteiger partial charge in [-0.15, -0.1) is 11.3 Å². The third kappa shape index (κ3) is 3.80. The van der Waals surface area contributed by atoms with E-state index in [0.717, 1.165) is 18.4 Å². The topological polar surface area (TPSA) is 110 Å². The third-order valence-electron chi connectivity index (χ3n) is 2.78. The van der Waals surface area contributed by atoms with E-state index in [-0.39, 0.29) is 15.7 Å². The first kappa shape index (κ1) is 17.6. The van der Waals surface area contributed by atoms with Gasteiger partial charge < -0.3 is 9.84 Å². The zero-order valence-electron chi connectivity index (χ0n) is 12.0. The van der Waals surface area contributed by atoms with Crippen LogP contribution in [0.3, 0.4) is 0 Å². The van der Waals surface area contributed by atoms with Gasteiger partial charge in [0, 0.05) is 0 Å². The Bertz CT molecular complexity index is 647. The van der Waals surface area contributed by atoms with Crippen LogP contribution in [0.1, 0.15) is 29.1 Å². The minimum absolute atomic E-state index is 0.285. The molecule has 9 heteroatoms. The monoisotopic (exact) mass is 335 g/mol. The highest BCUT2D eigenvalue weighted by Crippen LogP contribution is 2.27. The number of sulfonamides is 1. The normalized spacial score (nSPS) is 13.2. The Morgan fingerprint density at radius 2 is 1.95 bits per heavy atom. The molecular weight excluding hydrogens is 318 g/mol. The molecule has 21 heavy (non-hydrogen) atoms. The molecule has 0 bridgehead atoms. The second-order valence-electron chi connectivity index (χ2n) is 4.75. The Morgan fingerprint density at radius 1 is 1.38 bits per heavy atom. The fourth-order valence-corrected chi connectivity index (χ4v) is 4.69.